The first-order valence-electron chi connectivity index (χ1n) is 4.19. The highest BCUT2D eigenvalue weighted by Gasteiger charge is 1.90. The third kappa shape index (κ3) is 3.15. The van der Waals surface area contributed by atoms with E-state index in [1.807, 2.05) is 31.2 Å². The second-order valence-electron chi connectivity index (χ2n) is 2.74. The Bertz CT molecular complexity index is 308. The predicted molar refractivity (Wildman–Crippen MR) is 54.3 cm³/mol. The van der Waals surface area contributed by atoms with Crippen molar-refractivity contribution in [3.8, 4) is 0 Å². The van der Waals surface area contributed by atoms with E-state index in [9.17, 15) is 4.91 Å². The molecule has 0 unspecified atom stereocenters. The van der Waals surface area contributed by atoms with E-state index in [0.29, 0.717) is 6.54 Å². The average molecular weight is 176 g/mol. The van der Waals surface area contributed by atoms with Gasteiger partial charge in [0, 0.05) is 6.21 Å². The van der Waals surface area contributed by atoms with Gasteiger partial charge in [0.1, 0.15) is 6.54 Å². The second kappa shape index (κ2) is 5.19. The van der Waals surface area contributed by atoms with Crippen LogP contribution in [-0.2, 0) is 0 Å². The molecule has 3 heteroatoms. The summed E-state index contributed by atoms with van der Waals surface area (Å²) in [6.07, 6.45) is 1.78. The zero-order valence-electron chi connectivity index (χ0n) is 7.60. The van der Waals surface area contributed by atoms with Gasteiger partial charge in [-0.1, -0.05) is 29.4 Å². The van der Waals surface area contributed by atoms with Gasteiger partial charge in [-0.05, 0) is 18.1 Å². The van der Waals surface area contributed by atoms with Gasteiger partial charge in [-0.3, -0.25) is 4.99 Å². The minimum absolute atomic E-state index is 0.252. The highest BCUT2D eigenvalue weighted by Crippen LogP contribution is 2.03. The van der Waals surface area contributed by atoms with E-state index in [1.54, 1.807) is 6.21 Å². The molecule has 68 valence electrons. The fourth-order valence-electron chi connectivity index (χ4n) is 0.993. The molecule has 0 saturated carbocycles. The maximum Gasteiger partial charge on any atom is 0.101 e. The molecule has 0 radical (unpaired) electrons. The lowest BCUT2D eigenvalue weighted by Crippen LogP contribution is -1.89. The molecule has 0 saturated heterocycles. The monoisotopic (exact) mass is 176 g/mol. The van der Waals surface area contributed by atoms with Gasteiger partial charge in [-0.15, -0.1) is 0 Å². The van der Waals surface area contributed by atoms with Crippen molar-refractivity contribution in [2.75, 3.05) is 13.1 Å². The van der Waals surface area contributed by atoms with Gasteiger partial charge in [0.05, 0.1) is 6.54 Å². The van der Waals surface area contributed by atoms with Gasteiger partial charge >= 0.3 is 0 Å². The third-order valence-electron chi connectivity index (χ3n) is 1.74. The first kappa shape index (κ1) is 9.58. The molecule has 1 aromatic carbocycles. The summed E-state index contributed by atoms with van der Waals surface area (Å²) in [4.78, 5) is 13.8. The van der Waals surface area contributed by atoms with Gasteiger partial charge in [0.2, 0.25) is 0 Å². The lowest BCUT2D eigenvalue weighted by Gasteiger charge is -1.96. The number of aryl methyl sites for hydroxylation is 1. The van der Waals surface area contributed by atoms with Crippen LogP contribution in [0.4, 0.5) is 0 Å². The molecule has 0 atom stereocenters. The first-order chi connectivity index (χ1) is 6.34. The largest absolute Gasteiger partial charge is 0.290 e. The zero-order chi connectivity index (χ0) is 9.52. The molecule has 0 bridgehead atoms. The fraction of sp³-hybridized carbons (Fsp3) is 0.300. The number of hydrogen-bond donors (Lipinski definition) is 0. The summed E-state index contributed by atoms with van der Waals surface area (Å²) in [5.74, 6) is 0. The standard InChI is InChI=1S/C10H12N2O/c1-9-4-2-3-5-10(9)8-11-6-7-12-13/h2-5,8H,6-7H2,1H3/b11-8+. The topological polar surface area (TPSA) is 41.8 Å². The van der Waals surface area contributed by atoms with Crippen molar-refractivity contribution in [2.45, 2.75) is 6.92 Å². The molecule has 0 amide bonds. The first-order valence-corrected chi connectivity index (χ1v) is 4.19. The van der Waals surface area contributed by atoms with Crippen molar-refractivity contribution >= 4 is 6.21 Å². The summed E-state index contributed by atoms with van der Waals surface area (Å²) < 4.78 is 0. The zero-order valence-corrected chi connectivity index (χ0v) is 7.60. The average Bonchev–Trinajstić information content (AvgIpc) is 2.15. The van der Waals surface area contributed by atoms with Crippen LogP contribution in [0.25, 0.3) is 0 Å². The minimum Gasteiger partial charge on any atom is -0.290 e. The number of rotatable bonds is 4. The van der Waals surface area contributed by atoms with Crippen LogP contribution in [0, 0.1) is 11.8 Å². The maximum absolute atomic E-state index is 9.76. The van der Waals surface area contributed by atoms with Gasteiger partial charge in [0.15, 0.2) is 0 Å². The van der Waals surface area contributed by atoms with Gasteiger partial charge in [0.25, 0.3) is 0 Å². The van der Waals surface area contributed by atoms with E-state index in [-0.39, 0.29) is 6.54 Å². The Balaban J connectivity index is 2.58. The van der Waals surface area contributed by atoms with Crippen LogP contribution in [0.15, 0.2) is 34.4 Å². The highest BCUT2D eigenvalue weighted by atomic mass is 16.3. The van der Waals surface area contributed by atoms with Crippen molar-refractivity contribution < 1.29 is 0 Å². The molecule has 1 aromatic rings. The SMILES string of the molecule is Cc1ccccc1/C=N/CCN=O. The molecule has 0 N–H and O–H groups in total. The number of hydrogen-bond acceptors (Lipinski definition) is 3. The normalized spacial score (nSPS) is 10.5. The van der Waals surface area contributed by atoms with E-state index in [4.69, 9.17) is 0 Å². The minimum atomic E-state index is 0.252. The van der Waals surface area contributed by atoms with Crippen LogP contribution < -0.4 is 0 Å². The van der Waals surface area contributed by atoms with E-state index < -0.39 is 0 Å². The summed E-state index contributed by atoms with van der Waals surface area (Å²) in [6.45, 7) is 2.75. The molecule has 0 heterocycles. The summed E-state index contributed by atoms with van der Waals surface area (Å²) >= 11 is 0. The predicted octanol–water partition coefficient (Wildman–Crippen LogP) is 2.18. The van der Waals surface area contributed by atoms with E-state index in [1.165, 1.54) is 5.56 Å². The number of benzene rings is 1. The van der Waals surface area contributed by atoms with Crippen molar-refractivity contribution in [3.63, 3.8) is 0 Å². The van der Waals surface area contributed by atoms with Gasteiger partial charge in [-0.25, -0.2) is 0 Å². The van der Waals surface area contributed by atoms with Crippen LogP contribution in [-0.4, -0.2) is 19.3 Å². The lowest BCUT2D eigenvalue weighted by molar-refractivity contribution is 0.972. The van der Waals surface area contributed by atoms with E-state index in [0.717, 1.165) is 5.56 Å². The summed E-state index contributed by atoms with van der Waals surface area (Å²) in [5.41, 5.74) is 2.28. The second-order valence-corrected chi connectivity index (χ2v) is 2.74. The number of aliphatic imine (C=N–C) groups is 1. The molecule has 0 spiro atoms. The Morgan fingerprint density at radius 2 is 2.08 bits per heavy atom. The maximum atomic E-state index is 9.76. The van der Waals surface area contributed by atoms with Crippen molar-refractivity contribution in [2.24, 2.45) is 10.2 Å². The van der Waals surface area contributed by atoms with E-state index >= 15 is 0 Å². The molecule has 0 aromatic heterocycles. The molecule has 1 rings (SSSR count). The van der Waals surface area contributed by atoms with Crippen LogP contribution >= 0.6 is 0 Å². The molecular formula is C10H12N2O. The molecule has 0 fully saturated rings. The van der Waals surface area contributed by atoms with E-state index in [2.05, 4.69) is 10.2 Å². The molecule has 0 aliphatic heterocycles. The van der Waals surface area contributed by atoms with Crippen LogP contribution in [0.1, 0.15) is 11.1 Å². The van der Waals surface area contributed by atoms with Crippen molar-refractivity contribution in [1.82, 2.24) is 0 Å². The smallest absolute Gasteiger partial charge is 0.101 e. The molecule has 13 heavy (non-hydrogen) atoms. The Morgan fingerprint density at radius 3 is 2.77 bits per heavy atom. The Kier molecular flexibility index (Phi) is 3.82. The summed E-state index contributed by atoms with van der Waals surface area (Å²) in [7, 11) is 0. The van der Waals surface area contributed by atoms with Crippen LogP contribution in [0.2, 0.25) is 0 Å². The summed E-state index contributed by atoms with van der Waals surface area (Å²) in [6, 6.07) is 7.97. The molecule has 0 aliphatic carbocycles. The lowest BCUT2D eigenvalue weighted by atomic mass is 10.1. The Labute approximate surface area is 77.5 Å². The van der Waals surface area contributed by atoms with Crippen molar-refractivity contribution in [3.05, 3.63) is 40.3 Å². The molecular weight excluding hydrogens is 164 g/mol. The fourth-order valence-corrected chi connectivity index (χ4v) is 0.993. The van der Waals surface area contributed by atoms with Gasteiger partial charge in [-0.2, -0.15) is 4.91 Å². The highest BCUT2D eigenvalue weighted by molar-refractivity contribution is 5.81. The van der Waals surface area contributed by atoms with Crippen molar-refractivity contribution in [1.29, 1.82) is 0 Å². The quantitative estimate of drug-likeness (QED) is 0.394. The molecule has 0 aliphatic rings. The molecule has 3 nitrogen and oxygen atoms in total. The Hall–Kier alpha value is -1.51. The van der Waals surface area contributed by atoms with Crippen LogP contribution in [0.3, 0.4) is 0 Å². The number of nitrogens with zero attached hydrogens (tertiary/aromatic N) is 2. The van der Waals surface area contributed by atoms with Crippen LogP contribution in [0.5, 0.6) is 0 Å². The summed E-state index contributed by atoms with van der Waals surface area (Å²) in [5, 5.41) is 2.73. The third-order valence-corrected chi connectivity index (χ3v) is 1.74. The van der Waals surface area contributed by atoms with Gasteiger partial charge < -0.3 is 0 Å². The number of nitroso groups, excluding NO2 is 1. The Morgan fingerprint density at radius 1 is 1.31 bits per heavy atom.